The van der Waals surface area contributed by atoms with Gasteiger partial charge in [-0.05, 0) is 34.1 Å². The average Bonchev–Trinajstić information content (AvgIpc) is 3.13. The van der Waals surface area contributed by atoms with Crippen molar-refractivity contribution in [2.75, 3.05) is 14.2 Å². The van der Waals surface area contributed by atoms with E-state index in [0.717, 1.165) is 27.1 Å². The molecule has 26 heavy (non-hydrogen) atoms. The lowest BCUT2D eigenvalue weighted by molar-refractivity contribution is -0.134. The van der Waals surface area contributed by atoms with Crippen LogP contribution in [0.25, 0.3) is 27.7 Å². The number of aromatic nitrogens is 1. The van der Waals surface area contributed by atoms with Gasteiger partial charge in [0.25, 0.3) is 11.8 Å². The molecule has 0 saturated heterocycles. The number of fused-ring (bicyclic) bond motifs is 1. The van der Waals surface area contributed by atoms with E-state index in [-0.39, 0.29) is 16.3 Å². The largest absolute Gasteiger partial charge is 0.496 e. The second-order valence-corrected chi connectivity index (χ2v) is 6.77. The van der Waals surface area contributed by atoms with Crippen LogP contribution in [0.3, 0.4) is 0 Å². The van der Waals surface area contributed by atoms with E-state index in [0.29, 0.717) is 16.9 Å². The van der Waals surface area contributed by atoms with E-state index in [1.165, 1.54) is 7.05 Å². The fourth-order valence-electron chi connectivity index (χ4n) is 3.28. The maximum Gasteiger partial charge on any atom is 0.268 e. The molecule has 1 aliphatic rings. The van der Waals surface area contributed by atoms with Crippen LogP contribution in [0.4, 0.5) is 0 Å². The van der Waals surface area contributed by atoms with Crippen molar-refractivity contribution >= 4 is 44.2 Å². The van der Waals surface area contributed by atoms with Gasteiger partial charge in [0, 0.05) is 29.1 Å². The molecule has 0 radical (unpaired) electrons. The Morgan fingerprint density at radius 2 is 1.69 bits per heavy atom. The zero-order chi connectivity index (χ0) is 18.4. The summed E-state index contributed by atoms with van der Waals surface area (Å²) >= 11 is 3.32. The quantitative estimate of drug-likeness (QED) is 0.664. The van der Waals surface area contributed by atoms with Crippen molar-refractivity contribution in [3.63, 3.8) is 0 Å². The lowest BCUT2D eigenvalue weighted by atomic mass is 9.98. The molecule has 0 saturated carbocycles. The Kier molecular flexibility index (Phi) is 3.92. The second-order valence-electron chi connectivity index (χ2n) is 5.98. The van der Waals surface area contributed by atoms with Crippen molar-refractivity contribution in [1.82, 2.24) is 9.88 Å². The van der Waals surface area contributed by atoms with Gasteiger partial charge in [-0.2, -0.15) is 0 Å². The number of hydrogen-bond acceptors (Lipinski definition) is 3. The summed E-state index contributed by atoms with van der Waals surface area (Å²) in [5.74, 6) is 0.00573. The van der Waals surface area contributed by atoms with Gasteiger partial charge in [0.2, 0.25) is 0 Å². The van der Waals surface area contributed by atoms with Gasteiger partial charge >= 0.3 is 0 Å². The summed E-state index contributed by atoms with van der Waals surface area (Å²) in [6.45, 7) is 0. The van der Waals surface area contributed by atoms with Crippen LogP contribution in [-0.2, 0) is 9.59 Å². The third-order valence-electron chi connectivity index (χ3n) is 4.56. The maximum absolute atomic E-state index is 12.8. The summed E-state index contributed by atoms with van der Waals surface area (Å²) in [5.41, 5.74) is 3.50. The van der Waals surface area contributed by atoms with Gasteiger partial charge in [0.1, 0.15) is 5.75 Å². The van der Waals surface area contributed by atoms with Crippen LogP contribution in [-0.4, -0.2) is 35.9 Å². The predicted molar refractivity (Wildman–Crippen MR) is 104 cm³/mol. The van der Waals surface area contributed by atoms with E-state index < -0.39 is 0 Å². The average molecular weight is 411 g/mol. The summed E-state index contributed by atoms with van der Waals surface area (Å²) in [6.07, 6.45) is 0. The fourth-order valence-corrected chi connectivity index (χ4v) is 3.91. The lowest BCUT2D eigenvalue weighted by Crippen LogP contribution is -2.26. The minimum atomic E-state index is -0.346. The molecule has 2 aromatic carbocycles. The number of amides is 2. The van der Waals surface area contributed by atoms with E-state index in [4.69, 9.17) is 4.74 Å². The van der Waals surface area contributed by atoms with Crippen LogP contribution < -0.4 is 4.74 Å². The Labute approximate surface area is 158 Å². The number of benzene rings is 2. The molecule has 4 rings (SSSR count). The molecule has 0 fully saturated rings. The number of aromatic amines is 1. The molecule has 2 heterocycles. The van der Waals surface area contributed by atoms with Crippen molar-refractivity contribution in [2.24, 2.45) is 0 Å². The Balaban J connectivity index is 2.10. The molecule has 0 spiro atoms. The van der Waals surface area contributed by atoms with Crippen molar-refractivity contribution in [1.29, 1.82) is 0 Å². The number of ether oxygens (including phenoxy) is 1. The van der Waals surface area contributed by atoms with E-state index in [9.17, 15) is 9.59 Å². The number of imide groups is 1. The third-order valence-corrected chi connectivity index (χ3v) is 5.30. The molecule has 0 unspecified atom stereocenters. The molecule has 1 N–H and O–H groups in total. The molecular formula is C20H15BrN2O3. The highest BCUT2D eigenvalue weighted by Crippen LogP contribution is 2.43. The molecule has 2 amide bonds. The first-order valence-electron chi connectivity index (χ1n) is 8.01. The predicted octanol–water partition coefficient (Wildman–Crippen LogP) is 3.95. The Morgan fingerprint density at radius 3 is 2.38 bits per heavy atom. The van der Waals surface area contributed by atoms with Gasteiger partial charge in [-0.25, -0.2) is 0 Å². The monoisotopic (exact) mass is 410 g/mol. The number of methoxy groups -OCH3 is 1. The summed E-state index contributed by atoms with van der Waals surface area (Å²) < 4.78 is 5.77. The standard InChI is InChI=1S/C20H15BrN2O3/c1-23-19(24)16(17(21)20(23)25)15-11-7-3-5-9-13(11)22-18(15)12-8-4-6-10-14(12)26-2/h3-10,22H,1-2H3. The van der Waals surface area contributed by atoms with E-state index in [2.05, 4.69) is 20.9 Å². The normalized spacial score (nSPS) is 14.7. The zero-order valence-electron chi connectivity index (χ0n) is 14.2. The Bertz CT molecular complexity index is 1100. The first-order valence-corrected chi connectivity index (χ1v) is 8.80. The molecule has 1 aliphatic heterocycles. The first-order chi connectivity index (χ1) is 12.5. The van der Waals surface area contributed by atoms with Crippen LogP contribution in [0.2, 0.25) is 0 Å². The highest BCUT2D eigenvalue weighted by molar-refractivity contribution is 9.12. The topological polar surface area (TPSA) is 62.4 Å². The highest BCUT2D eigenvalue weighted by atomic mass is 79.9. The van der Waals surface area contributed by atoms with Gasteiger partial charge in [-0.15, -0.1) is 0 Å². The van der Waals surface area contributed by atoms with Crippen LogP contribution in [0, 0.1) is 0 Å². The van der Waals surface area contributed by atoms with E-state index in [1.54, 1.807) is 7.11 Å². The van der Waals surface area contributed by atoms with Crippen molar-refractivity contribution in [2.45, 2.75) is 0 Å². The summed E-state index contributed by atoms with van der Waals surface area (Å²) in [5, 5.41) is 0.872. The number of carbonyl (C=O) groups excluding carboxylic acids is 2. The number of nitrogens with zero attached hydrogens (tertiary/aromatic N) is 1. The Hall–Kier alpha value is -2.86. The zero-order valence-corrected chi connectivity index (χ0v) is 15.8. The molecule has 0 atom stereocenters. The molecular weight excluding hydrogens is 396 g/mol. The van der Waals surface area contributed by atoms with Crippen molar-refractivity contribution in [3.8, 4) is 17.0 Å². The van der Waals surface area contributed by atoms with Gasteiger partial charge in [0.15, 0.2) is 0 Å². The van der Waals surface area contributed by atoms with Gasteiger partial charge < -0.3 is 9.72 Å². The molecule has 3 aromatic rings. The van der Waals surface area contributed by atoms with E-state index >= 15 is 0 Å². The van der Waals surface area contributed by atoms with E-state index in [1.807, 2.05) is 48.5 Å². The molecule has 130 valence electrons. The number of carbonyl (C=O) groups is 2. The smallest absolute Gasteiger partial charge is 0.268 e. The summed E-state index contributed by atoms with van der Waals surface area (Å²) in [7, 11) is 3.09. The summed E-state index contributed by atoms with van der Waals surface area (Å²) in [4.78, 5) is 29.6. The minimum Gasteiger partial charge on any atom is -0.496 e. The van der Waals surface area contributed by atoms with Crippen LogP contribution in [0.1, 0.15) is 5.56 Å². The fraction of sp³-hybridized carbons (Fsp3) is 0.100. The van der Waals surface area contributed by atoms with Crippen LogP contribution in [0.15, 0.2) is 53.0 Å². The molecule has 0 bridgehead atoms. The van der Waals surface area contributed by atoms with Gasteiger partial charge in [0.05, 0.1) is 22.9 Å². The van der Waals surface area contributed by atoms with Gasteiger partial charge in [-0.1, -0.05) is 30.3 Å². The number of nitrogens with one attached hydrogen (secondary N) is 1. The van der Waals surface area contributed by atoms with Crippen molar-refractivity contribution in [3.05, 3.63) is 58.6 Å². The van der Waals surface area contributed by atoms with Crippen LogP contribution in [0.5, 0.6) is 5.75 Å². The van der Waals surface area contributed by atoms with Crippen molar-refractivity contribution < 1.29 is 14.3 Å². The van der Waals surface area contributed by atoms with Crippen LogP contribution >= 0.6 is 15.9 Å². The first kappa shape index (κ1) is 16.6. The van der Waals surface area contributed by atoms with Gasteiger partial charge in [-0.3, -0.25) is 14.5 Å². The molecule has 0 aliphatic carbocycles. The second kappa shape index (κ2) is 6.14. The Morgan fingerprint density at radius 1 is 1.00 bits per heavy atom. The maximum atomic E-state index is 12.8. The SMILES string of the molecule is COc1ccccc1-c1[nH]c2ccccc2c1C1=C(Br)C(=O)N(C)C1=O. The molecule has 6 heteroatoms. The highest BCUT2D eigenvalue weighted by Gasteiger charge is 2.38. The number of hydrogen-bond donors (Lipinski definition) is 1. The minimum absolute atomic E-state index is 0.269. The number of para-hydroxylation sites is 2. The summed E-state index contributed by atoms with van der Waals surface area (Å²) in [6, 6.07) is 15.3. The third kappa shape index (κ3) is 2.29. The lowest BCUT2D eigenvalue weighted by Gasteiger charge is -2.11. The number of rotatable bonds is 3. The molecule has 1 aromatic heterocycles. The number of likely N-dealkylation sites (N-methyl/N-ethyl adjacent to an activating group) is 1. The molecule has 5 nitrogen and oxygen atoms in total. The number of H-pyrrole nitrogens is 1. The number of halogens is 1.